The highest BCUT2D eigenvalue weighted by atomic mass is 16.5. The molecular weight excluding hydrogens is 320 g/mol. The zero-order chi connectivity index (χ0) is 17.3. The third-order valence-electron chi connectivity index (χ3n) is 3.29. The van der Waals surface area contributed by atoms with E-state index >= 15 is 0 Å². The zero-order valence-electron chi connectivity index (χ0n) is 13.5. The number of hydrogen-bond donors (Lipinski definition) is 1. The summed E-state index contributed by atoms with van der Waals surface area (Å²) in [7, 11) is 0. The summed E-state index contributed by atoms with van der Waals surface area (Å²) in [6.07, 6.45) is 3.11. The van der Waals surface area contributed by atoms with Crippen molar-refractivity contribution in [2.75, 3.05) is 18.5 Å². The van der Waals surface area contributed by atoms with Crippen LogP contribution in [0.5, 0.6) is 11.5 Å². The highest BCUT2D eigenvalue weighted by Crippen LogP contribution is 2.17. The molecule has 0 saturated heterocycles. The zero-order valence-corrected chi connectivity index (χ0v) is 13.5. The number of amides is 1. The molecule has 2 aromatic carbocycles. The third kappa shape index (κ3) is 5.35. The lowest BCUT2D eigenvalue weighted by atomic mass is 10.3. The molecule has 1 aromatic heterocycles. The Labute approximate surface area is 145 Å². The summed E-state index contributed by atoms with van der Waals surface area (Å²) in [5.41, 5.74) is 0.653. The van der Waals surface area contributed by atoms with E-state index in [9.17, 15) is 4.79 Å². The van der Waals surface area contributed by atoms with E-state index in [1.54, 1.807) is 35.3 Å². The number of hydrogen-bond acceptors (Lipinski definition) is 5. The summed E-state index contributed by atoms with van der Waals surface area (Å²) in [4.78, 5) is 15.8. The maximum absolute atomic E-state index is 12.0. The number of rotatable bonds is 8. The van der Waals surface area contributed by atoms with Gasteiger partial charge in [-0.15, -0.1) is 0 Å². The molecule has 0 bridgehead atoms. The number of ether oxygens (including phenoxy) is 2. The molecule has 3 rings (SSSR count). The number of benzene rings is 2. The van der Waals surface area contributed by atoms with Crippen LogP contribution in [0.1, 0.15) is 0 Å². The fraction of sp³-hybridized carbons (Fsp3) is 0.167. The summed E-state index contributed by atoms with van der Waals surface area (Å²) in [5, 5.41) is 6.79. The Morgan fingerprint density at radius 2 is 1.88 bits per heavy atom. The van der Waals surface area contributed by atoms with E-state index < -0.39 is 0 Å². The maximum atomic E-state index is 12.0. The van der Waals surface area contributed by atoms with Gasteiger partial charge in [-0.2, -0.15) is 5.10 Å². The van der Waals surface area contributed by atoms with Crippen molar-refractivity contribution in [3.63, 3.8) is 0 Å². The first-order valence-corrected chi connectivity index (χ1v) is 7.82. The summed E-state index contributed by atoms with van der Waals surface area (Å²) in [6.45, 7) is 1.00. The molecule has 0 fully saturated rings. The Kier molecular flexibility index (Phi) is 5.60. The van der Waals surface area contributed by atoms with Gasteiger partial charge in [0, 0.05) is 11.8 Å². The molecule has 0 unspecified atom stereocenters. The second-order valence-electron chi connectivity index (χ2n) is 5.18. The van der Waals surface area contributed by atoms with Crippen LogP contribution in [-0.4, -0.2) is 33.9 Å². The number of para-hydroxylation sites is 1. The van der Waals surface area contributed by atoms with Crippen LogP contribution in [0, 0.1) is 0 Å². The van der Waals surface area contributed by atoms with Gasteiger partial charge in [0.25, 0.3) is 5.91 Å². The van der Waals surface area contributed by atoms with E-state index in [1.165, 1.54) is 6.33 Å². The van der Waals surface area contributed by atoms with Crippen LogP contribution >= 0.6 is 0 Å². The largest absolute Gasteiger partial charge is 0.492 e. The molecule has 0 aliphatic heterocycles. The Bertz CT molecular complexity index is 791. The van der Waals surface area contributed by atoms with E-state index in [1.807, 2.05) is 30.3 Å². The van der Waals surface area contributed by atoms with Gasteiger partial charge in [-0.3, -0.25) is 4.79 Å². The van der Waals surface area contributed by atoms with Crippen LogP contribution in [0.2, 0.25) is 0 Å². The van der Waals surface area contributed by atoms with Gasteiger partial charge >= 0.3 is 0 Å². The van der Waals surface area contributed by atoms with Crippen LogP contribution in [-0.2, 0) is 11.3 Å². The first kappa shape index (κ1) is 16.5. The predicted octanol–water partition coefficient (Wildman–Crippen LogP) is 2.37. The van der Waals surface area contributed by atoms with Gasteiger partial charge in [-0.25, -0.2) is 9.67 Å². The molecule has 1 heterocycles. The molecule has 0 aliphatic carbocycles. The quantitative estimate of drug-likeness (QED) is 0.682. The van der Waals surface area contributed by atoms with Crippen LogP contribution < -0.4 is 14.8 Å². The lowest BCUT2D eigenvalue weighted by Gasteiger charge is -2.10. The Morgan fingerprint density at radius 1 is 1.04 bits per heavy atom. The van der Waals surface area contributed by atoms with Crippen molar-refractivity contribution in [3.8, 4) is 11.5 Å². The Balaban J connectivity index is 1.46. The molecule has 7 nitrogen and oxygen atoms in total. The minimum absolute atomic E-state index is 0.0542. The minimum atomic E-state index is -0.233. The molecule has 7 heteroatoms. The Hall–Kier alpha value is -3.35. The lowest BCUT2D eigenvalue weighted by Crippen LogP contribution is -2.20. The van der Waals surface area contributed by atoms with Gasteiger partial charge in [-0.1, -0.05) is 24.3 Å². The van der Waals surface area contributed by atoms with E-state index in [0.29, 0.717) is 30.3 Å². The standard InChI is InChI=1S/C18H18N4O3/c23-18(12-25-16-6-2-1-3-7-16)21-15-5-4-8-17(11-15)24-10-9-22-14-19-13-20-22/h1-8,11,13-14H,9-10,12H2,(H,21,23). The fourth-order valence-electron chi connectivity index (χ4n) is 2.13. The SMILES string of the molecule is O=C(COc1ccccc1)Nc1cccc(OCCn2cncn2)c1. The van der Waals surface area contributed by atoms with Crippen molar-refractivity contribution in [1.29, 1.82) is 0 Å². The van der Waals surface area contributed by atoms with Crippen molar-refractivity contribution in [2.24, 2.45) is 0 Å². The second-order valence-corrected chi connectivity index (χ2v) is 5.18. The molecule has 1 amide bonds. The van der Waals surface area contributed by atoms with Crippen LogP contribution in [0.15, 0.2) is 67.3 Å². The van der Waals surface area contributed by atoms with Crippen LogP contribution in [0.3, 0.4) is 0 Å². The first-order chi connectivity index (χ1) is 12.3. The molecule has 0 radical (unpaired) electrons. The highest BCUT2D eigenvalue weighted by molar-refractivity contribution is 5.92. The van der Waals surface area contributed by atoms with Crippen molar-refractivity contribution in [1.82, 2.24) is 14.8 Å². The minimum Gasteiger partial charge on any atom is -0.492 e. The molecule has 128 valence electrons. The van der Waals surface area contributed by atoms with E-state index in [4.69, 9.17) is 9.47 Å². The molecule has 0 atom stereocenters. The van der Waals surface area contributed by atoms with E-state index in [-0.39, 0.29) is 12.5 Å². The molecular formula is C18H18N4O3. The normalized spacial score (nSPS) is 10.2. The van der Waals surface area contributed by atoms with Gasteiger partial charge in [0.15, 0.2) is 6.61 Å². The number of carbonyl (C=O) groups is 1. The predicted molar refractivity (Wildman–Crippen MR) is 92.5 cm³/mol. The number of carbonyl (C=O) groups excluding carboxylic acids is 1. The summed E-state index contributed by atoms with van der Waals surface area (Å²) >= 11 is 0. The number of aromatic nitrogens is 3. The monoisotopic (exact) mass is 338 g/mol. The third-order valence-corrected chi connectivity index (χ3v) is 3.29. The van der Waals surface area contributed by atoms with Gasteiger partial charge in [0.1, 0.15) is 30.8 Å². The number of nitrogens with one attached hydrogen (secondary N) is 1. The highest BCUT2D eigenvalue weighted by Gasteiger charge is 2.05. The molecule has 1 N–H and O–H groups in total. The van der Waals surface area contributed by atoms with Crippen LogP contribution in [0.4, 0.5) is 5.69 Å². The average Bonchev–Trinajstić information content (AvgIpc) is 3.15. The molecule has 25 heavy (non-hydrogen) atoms. The number of nitrogens with zero attached hydrogens (tertiary/aromatic N) is 3. The van der Waals surface area contributed by atoms with Crippen molar-refractivity contribution in [2.45, 2.75) is 6.54 Å². The summed E-state index contributed by atoms with van der Waals surface area (Å²) < 4.78 is 12.8. The van der Waals surface area contributed by atoms with Crippen LogP contribution in [0.25, 0.3) is 0 Å². The van der Waals surface area contributed by atoms with Crippen molar-refractivity contribution < 1.29 is 14.3 Å². The molecule has 3 aromatic rings. The van der Waals surface area contributed by atoms with E-state index in [2.05, 4.69) is 15.4 Å². The lowest BCUT2D eigenvalue weighted by molar-refractivity contribution is -0.118. The summed E-state index contributed by atoms with van der Waals surface area (Å²) in [5.74, 6) is 1.09. The maximum Gasteiger partial charge on any atom is 0.262 e. The molecule has 0 aliphatic rings. The molecule has 0 saturated carbocycles. The fourth-order valence-corrected chi connectivity index (χ4v) is 2.13. The number of anilines is 1. The molecule has 0 spiro atoms. The first-order valence-electron chi connectivity index (χ1n) is 7.82. The van der Waals surface area contributed by atoms with Gasteiger partial charge < -0.3 is 14.8 Å². The van der Waals surface area contributed by atoms with Crippen molar-refractivity contribution >= 4 is 11.6 Å². The Morgan fingerprint density at radius 3 is 2.68 bits per heavy atom. The van der Waals surface area contributed by atoms with Gasteiger partial charge in [0.2, 0.25) is 0 Å². The summed E-state index contributed by atoms with van der Waals surface area (Å²) in [6, 6.07) is 16.4. The van der Waals surface area contributed by atoms with Gasteiger partial charge in [-0.05, 0) is 24.3 Å². The average molecular weight is 338 g/mol. The van der Waals surface area contributed by atoms with Crippen molar-refractivity contribution in [3.05, 3.63) is 67.3 Å². The topological polar surface area (TPSA) is 78.3 Å². The van der Waals surface area contributed by atoms with E-state index in [0.717, 1.165) is 0 Å². The smallest absolute Gasteiger partial charge is 0.262 e. The second kappa shape index (κ2) is 8.49. The van der Waals surface area contributed by atoms with Gasteiger partial charge in [0.05, 0.1) is 6.54 Å².